The van der Waals surface area contributed by atoms with Gasteiger partial charge in [0.2, 0.25) is 0 Å². The van der Waals surface area contributed by atoms with Gasteiger partial charge in [-0.05, 0) is 12.8 Å². The van der Waals surface area contributed by atoms with E-state index < -0.39 is 5.97 Å². The molecule has 0 radical (unpaired) electrons. The molecule has 0 rings (SSSR count). The largest absolute Gasteiger partial charge is 0.396 e. The molecular weight excluding hydrogens is 280 g/mol. The molecule has 2 N–H and O–H groups in total. The van der Waals surface area contributed by atoms with Gasteiger partial charge in [-0.2, -0.15) is 5.26 Å². The highest BCUT2D eigenvalue weighted by Gasteiger charge is 2.00. The zero-order chi connectivity index (χ0) is 16.3. The average molecular weight is 316 g/mol. The van der Waals surface area contributed by atoms with Crippen molar-refractivity contribution in [1.82, 2.24) is 0 Å². The van der Waals surface area contributed by atoms with Crippen LogP contribution in [0.1, 0.15) is 103 Å². The van der Waals surface area contributed by atoms with Gasteiger partial charge >= 0.3 is 5.97 Å². The molecule has 4 heteroatoms. The predicted octanol–water partition coefficient (Wildman–Crippen LogP) is 5.24. The van der Waals surface area contributed by atoms with Gasteiger partial charge in [-0.1, -0.05) is 83.5 Å². The van der Waals surface area contributed by atoms with Gasteiger partial charge in [0.1, 0.15) is 0 Å². The number of carbonyl (C=O) groups is 1. The van der Waals surface area contributed by atoms with Crippen LogP contribution in [0.3, 0.4) is 0 Å². The van der Waals surface area contributed by atoms with E-state index in [0.717, 1.165) is 19.3 Å². The highest BCUT2D eigenvalue weighted by molar-refractivity contribution is 5.68. The van der Waals surface area contributed by atoms with Crippen LogP contribution in [0.25, 0.3) is 0 Å². The summed E-state index contributed by atoms with van der Waals surface area (Å²) in [5.41, 5.74) is 0. The minimum absolute atomic E-state index is 0.330. The monoisotopic (exact) mass is 316 g/mol. The summed E-state index contributed by atoms with van der Waals surface area (Å²) in [5.74, 6) is -0.520. The van der Waals surface area contributed by atoms with E-state index in [1.165, 1.54) is 77.0 Å². The van der Waals surface area contributed by atoms with Crippen LogP contribution in [0.2, 0.25) is 0 Å². The molecule has 0 aliphatic heterocycles. The average Bonchev–Trinajstić information content (AvgIpc) is 2.54. The van der Waals surface area contributed by atoms with E-state index in [0.29, 0.717) is 13.0 Å². The van der Waals surface area contributed by atoms with Crippen LogP contribution < -0.4 is 0 Å². The molecule has 4 nitrogen and oxygen atoms in total. The van der Waals surface area contributed by atoms with Gasteiger partial charge in [0, 0.05) is 13.0 Å². The Kier molecular flexibility index (Phi) is 17.9. The first-order valence-corrected chi connectivity index (χ1v) is 9.26. The molecular formula is C18H36O4. The molecule has 0 aromatic heterocycles. The van der Waals surface area contributed by atoms with Crippen molar-refractivity contribution in [2.75, 3.05) is 6.61 Å². The molecule has 0 aliphatic rings. The predicted molar refractivity (Wildman–Crippen MR) is 89.7 cm³/mol. The van der Waals surface area contributed by atoms with Gasteiger partial charge in [0.15, 0.2) is 0 Å². The van der Waals surface area contributed by atoms with E-state index in [1.54, 1.807) is 0 Å². The first-order chi connectivity index (χ1) is 10.8. The number of aliphatic hydroxyl groups is 1. The number of hydrogen-bond acceptors (Lipinski definition) is 4. The molecule has 0 saturated heterocycles. The van der Waals surface area contributed by atoms with Crippen LogP contribution in [0, 0.1) is 0 Å². The van der Waals surface area contributed by atoms with E-state index in [-0.39, 0.29) is 0 Å². The van der Waals surface area contributed by atoms with Gasteiger partial charge in [0.05, 0.1) is 0 Å². The SMILES string of the molecule is O=C(CCCCCCCCCCCCCCCCCO)OO. The van der Waals surface area contributed by atoms with Gasteiger partial charge in [-0.25, -0.2) is 4.79 Å². The lowest BCUT2D eigenvalue weighted by Gasteiger charge is -2.03. The van der Waals surface area contributed by atoms with E-state index in [2.05, 4.69) is 4.89 Å². The summed E-state index contributed by atoms with van der Waals surface area (Å²) in [4.78, 5) is 14.3. The Morgan fingerprint density at radius 1 is 0.591 bits per heavy atom. The standard InChI is InChI=1S/C18H36O4/c19-17-15-13-11-9-7-5-3-1-2-4-6-8-10-12-14-16-18(20)22-21/h19,21H,1-17H2. The summed E-state index contributed by atoms with van der Waals surface area (Å²) < 4.78 is 0. The summed E-state index contributed by atoms with van der Waals surface area (Å²) in [6, 6.07) is 0. The van der Waals surface area contributed by atoms with Gasteiger partial charge in [-0.15, -0.1) is 0 Å². The van der Waals surface area contributed by atoms with Crippen LogP contribution in [0.4, 0.5) is 0 Å². The van der Waals surface area contributed by atoms with Gasteiger partial charge in [-0.3, -0.25) is 0 Å². The molecule has 0 spiro atoms. The third-order valence-corrected chi connectivity index (χ3v) is 4.14. The third-order valence-electron chi connectivity index (χ3n) is 4.14. The molecule has 0 amide bonds. The first kappa shape index (κ1) is 21.4. The Labute approximate surface area is 136 Å². The number of unbranched alkanes of at least 4 members (excludes halogenated alkanes) is 14. The lowest BCUT2D eigenvalue weighted by atomic mass is 10.0. The van der Waals surface area contributed by atoms with Gasteiger partial charge < -0.3 is 9.99 Å². The lowest BCUT2D eigenvalue weighted by Crippen LogP contribution is -1.99. The second-order valence-electron chi connectivity index (χ2n) is 6.24. The van der Waals surface area contributed by atoms with Crippen molar-refractivity contribution in [2.24, 2.45) is 0 Å². The third kappa shape index (κ3) is 17.4. The summed E-state index contributed by atoms with van der Waals surface area (Å²) >= 11 is 0. The van der Waals surface area contributed by atoms with E-state index in [9.17, 15) is 4.79 Å². The van der Waals surface area contributed by atoms with E-state index >= 15 is 0 Å². The van der Waals surface area contributed by atoms with Crippen molar-refractivity contribution in [3.05, 3.63) is 0 Å². The zero-order valence-corrected chi connectivity index (χ0v) is 14.2. The molecule has 132 valence electrons. The highest BCUT2D eigenvalue weighted by atomic mass is 17.1. The number of aliphatic hydroxyl groups excluding tert-OH is 1. The Bertz CT molecular complexity index is 231. The van der Waals surface area contributed by atoms with E-state index in [1.807, 2.05) is 0 Å². The number of rotatable bonds is 17. The first-order valence-electron chi connectivity index (χ1n) is 9.26. The Morgan fingerprint density at radius 2 is 0.909 bits per heavy atom. The topological polar surface area (TPSA) is 66.8 Å². The molecule has 0 bridgehead atoms. The minimum Gasteiger partial charge on any atom is -0.396 e. The molecule has 0 saturated carbocycles. The zero-order valence-electron chi connectivity index (χ0n) is 14.2. The van der Waals surface area contributed by atoms with Crippen molar-refractivity contribution in [3.63, 3.8) is 0 Å². The normalized spacial score (nSPS) is 10.8. The Balaban J connectivity index is 2.98. The number of hydrogen-bond donors (Lipinski definition) is 2. The van der Waals surface area contributed by atoms with Crippen LogP contribution in [0.15, 0.2) is 0 Å². The maximum absolute atomic E-state index is 10.7. The Hall–Kier alpha value is -0.610. The summed E-state index contributed by atoms with van der Waals surface area (Å²) in [7, 11) is 0. The fourth-order valence-electron chi connectivity index (χ4n) is 2.72. The maximum Gasteiger partial charge on any atom is 0.342 e. The highest BCUT2D eigenvalue weighted by Crippen LogP contribution is 2.13. The molecule has 22 heavy (non-hydrogen) atoms. The van der Waals surface area contributed by atoms with Crippen LogP contribution in [-0.4, -0.2) is 22.9 Å². The fourth-order valence-corrected chi connectivity index (χ4v) is 2.72. The Morgan fingerprint density at radius 3 is 1.23 bits per heavy atom. The summed E-state index contributed by atoms with van der Waals surface area (Å²) in [6.45, 7) is 0.342. The molecule has 0 unspecified atom stereocenters. The van der Waals surface area contributed by atoms with Crippen molar-refractivity contribution in [1.29, 1.82) is 0 Å². The lowest BCUT2D eigenvalue weighted by molar-refractivity contribution is -0.234. The maximum atomic E-state index is 10.7. The second-order valence-corrected chi connectivity index (χ2v) is 6.24. The van der Waals surface area contributed by atoms with Crippen LogP contribution in [-0.2, 0) is 9.68 Å². The second kappa shape index (κ2) is 18.4. The molecule has 0 aliphatic carbocycles. The smallest absolute Gasteiger partial charge is 0.342 e. The molecule has 0 aromatic carbocycles. The molecule has 0 heterocycles. The molecule has 0 aromatic rings. The summed E-state index contributed by atoms with van der Waals surface area (Å²) in [6.07, 6.45) is 18.8. The van der Waals surface area contributed by atoms with Crippen molar-refractivity contribution in [3.8, 4) is 0 Å². The van der Waals surface area contributed by atoms with Gasteiger partial charge in [0.25, 0.3) is 0 Å². The number of carbonyl (C=O) groups excluding carboxylic acids is 1. The summed E-state index contributed by atoms with van der Waals surface area (Å²) in [5, 5.41) is 16.8. The fraction of sp³-hybridized carbons (Fsp3) is 0.944. The molecule has 0 fully saturated rings. The minimum atomic E-state index is -0.520. The van der Waals surface area contributed by atoms with Crippen LogP contribution >= 0.6 is 0 Å². The molecule has 0 atom stereocenters. The van der Waals surface area contributed by atoms with Crippen molar-refractivity contribution in [2.45, 2.75) is 103 Å². The quantitative estimate of drug-likeness (QED) is 0.219. The van der Waals surface area contributed by atoms with Crippen LogP contribution in [0.5, 0.6) is 0 Å². The van der Waals surface area contributed by atoms with Crippen molar-refractivity contribution >= 4 is 5.97 Å². The van der Waals surface area contributed by atoms with E-state index in [4.69, 9.17) is 10.4 Å². The van der Waals surface area contributed by atoms with Crippen molar-refractivity contribution < 1.29 is 20.0 Å².